The normalized spacial score (nSPS) is 13.0. The largest absolute Gasteiger partial charge is 0.505 e. The van der Waals surface area contributed by atoms with Crippen LogP contribution in [0.1, 0.15) is 0 Å². The molecule has 0 radical (unpaired) electrons. The van der Waals surface area contributed by atoms with Crippen LogP contribution in [0.4, 0.5) is 45.5 Å². The van der Waals surface area contributed by atoms with E-state index in [2.05, 4.69) is 30.7 Å². The summed E-state index contributed by atoms with van der Waals surface area (Å²) in [4.78, 5) is 6.16. The Balaban J connectivity index is 1.45. The lowest BCUT2D eigenvalue weighted by molar-refractivity contribution is -0.384. The molecule has 7 aromatic carbocycles. The molecule has 0 saturated heterocycles. The number of fused-ring (bicyclic) bond motifs is 2. The highest BCUT2D eigenvalue weighted by molar-refractivity contribution is 7.87. The Kier molecular flexibility index (Phi) is 12.9. The maximum atomic E-state index is 13.5. The maximum Gasteiger partial charge on any atom is 0.339 e. The first-order chi connectivity index (χ1) is 32.2. The molecule has 0 aliphatic carbocycles. The van der Waals surface area contributed by atoms with E-state index < -0.39 is 126 Å². The summed E-state index contributed by atoms with van der Waals surface area (Å²) in [6.45, 7) is 0. The van der Waals surface area contributed by atoms with Crippen LogP contribution < -0.4 is 9.92 Å². The predicted octanol–water partition coefficient (Wildman–Crippen LogP) is 8.19. The molecule has 0 heterocycles. The Bertz CT molecular complexity index is 4010. The first-order valence-electron chi connectivity index (χ1n) is 18.4. The smallest absolute Gasteiger partial charge is 0.339 e. The van der Waals surface area contributed by atoms with Crippen LogP contribution in [0.15, 0.2) is 170 Å². The van der Waals surface area contributed by atoms with E-state index >= 15 is 0 Å². The van der Waals surface area contributed by atoms with Crippen molar-refractivity contribution >= 4 is 118 Å². The minimum Gasteiger partial charge on any atom is -0.505 e. The standard InChI is InChI=1S/C38H26N8O18S5/c39-36-28(19-32(67(56,57)58)23-18-33(68(59,60)61)37(38(47)35(23)36)45-41-25-14-13-21(65(50,51)52)17-29(25)46(48)49)44-43-27-16-15-24(40-42-26-10-4-5-12-31(26)66(53,54)55)22-9-6-11-30(34(22)27)64-69(62,63)20-7-2-1-3-8-20/h1-19,47H,39H2,(H,50,51,52)(H,53,54,55)(H,56,57,58)(H,59,60,61). The lowest BCUT2D eigenvalue weighted by Crippen LogP contribution is -2.09. The van der Waals surface area contributed by atoms with Crippen molar-refractivity contribution in [1.29, 1.82) is 0 Å². The summed E-state index contributed by atoms with van der Waals surface area (Å²) in [7, 11) is -25.4. The van der Waals surface area contributed by atoms with E-state index in [-0.39, 0.29) is 32.7 Å². The van der Waals surface area contributed by atoms with Gasteiger partial charge in [-0.15, -0.1) is 30.7 Å². The van der Waals surface area contributed by atoms with Crippen LogP contribution in [-0.4, -0.2) is 70.3 Å². The number of hydrogen-bond acceptors (Lipinski definition) is 21. The second-order valence-electron chi connectivity index (χ2n) is 13.8. The van der Waals surface area contributed by atoms with Crippen LogP contribution in [0, 0.1) is 10.1 Å². The van der Waals surface area contributed by atoms with Gasteiger partial charge in [-0.25, -0.2) is 0 Å². The van der Waals surface area contributed by atoms with Gasteiger partial charge >= 0.3 is 10.1 Å². The summed E-state index contributed by atoms with van der Waals surface area (Å²) in [6, 6.07) is 20.8. The minimum atomic E-state index is -5.55. The lowest BCUT2D eigenvalue weighted by Gasteiger charge is -2.14. The summed E-state index contributed by atoms with van der Waals surface area (Å²) in [5, 5.41) is 44.6. The van der Waals surface area contributed by atoms with Crippen molar-refractivity contribution in [2.75, 3.05) is 5.73 Å². The van der Waals surface area contributed by atoms with Crippen LogP contribution in [0.5, 0.6) is 11.5 Å². The Labute approximate surface area is 388 Å². The van der Waals surface area contributed by atoms with Gasteiger partial charge in [-0.2, -0.15) is 42.1 Å². The van der Waals surface area contributed by atoms with Gasteiger partial charge in [0.2, 0.25) is 0 Å². The fourth-order valence-corrected chi connectivity index (χ4v) is 9.84. The molecule has 31 heteroatoms. The zero-order valence-corrected chi connectivity index (χ0v) is 37.8. The molecule has 0 bridgehead atoms. The monoisotopic (exact) mass is 1040 g/mol. The number of nitrogens with zero attached hydrogens (tertiary/aromatic N) is 7. The third kappa shape index (κ3) is 10.2. The molecule has 7 aromatic rings. The number of hydrogen-bond donors (Lipinski definition) is 6. The van der Waals surface area contributed by atoms with Gasteiger partial charge in [-0.3, -0.25) is 28.3 Å². The molecule has 0 saturated carbocycles. The quantitative estimate of drug-likeness (QED) is 0.0149. The van der Waals surface area contributed by atoms with Crippen molar-refractivity contribution in [1.82, 2.24) is 0 Å². The number of nitrogens with two attached hydrogens (primary N) is 1. The molecule has 0 unspecified atom stereocenters. The zero-order valence-electron chi connectivity index (χ0n) is 33.8. The number of anilines is 1. The number of benzene rings is 7. The van der Waals surface area contributed by atoms with Gasteiger partial charge in [-0.1, -0.05) is 42.5 Å². The highest BCUT2D eigenvalue weighted by atomic mass is 32.2. The summed E-state index contributed by atoms with van der Waals surface area (Å²) >= 11 is 0. The number of nitro benzene ring substituents is 1. The van der Waals surface area contributed by atoms with Crippen LogP contribution in [0.2, 0.25) is 0 Å². The molecule has 356 valence electrons. The molecule has 0 aliphatic rings. The van der Waals surface area contributed by atoms with Gasteiger partial charge in [0.1, 0.15) is 41.5 Å². The van der Waals surface area contributed by atoms with E-state index in [1.54, 1.807) is 6.07 Å². The second kappa shape index (κ2) is 18.1. The maximum absolute atomic E-state index is 13.5. The van der Waals surface area contributed by atoms with E-state index in [1.807, 2.05) is 0 Å². The number of phenolic OH excluding ortho intramolecular Hbond substituents is 1. The minimum absolute atomic E-state index is 0.0173. The number of azo groups is 3. The molecule has 0 aromatic heterocycles. The van der Waals surface area contributed by atoms with Gasteiger partial charge in [0.05, 0.1) is 32.8 Å². The number of nitro groups is 1. The number of phenols is 1. The van der Waals surface area contributed by atoms with Crippen molar-refractivity contribution in [3.8, 4) is 11.5 Å². The Morgan fingerprint density at radius 3 is 1.70 bits per heavy atom. The molecule has 0 amide bonds. The molecule has 0 fully saturated rings. The Morgan fingerprint density at radius 2 is 1.06 bits per heavy atom. The van der Waals surface area contributed by atoms with Crippen LogP contribution >= 0.6 is 0 Å². The second-order valence-corrected chi connectivity index (χ2v) is 20.9. The predicted molar refractivity (Wildman–Crippen MR) is 240 cm³/mol. The summed E-state index contributed by atoms with van der Waals surface area (Å²) in [6.07, 6.45) is 0. The van der Waals surface area contributed by atoms with Crippen molar-refractivity contribution in [2.45, 2.75) is 24.5 Å². The fraction of sp³-hybridized carbons (Fsp3) is 0. The average Bonchev–Trinajstić information content (AvgIpc) is 3.26. The highest BCUT2D eigenvalue weighted by Crippen LogP contribution is 2.49. The Hall–Kier alpha value is -7.75. The molecule has 7 N–H and O–H groups in total. The number of nitrogen functional groups attached to an aromatic ring is 1. The first kappa shape index (κ1) is 49.2. The fourth-order valence-electron chi connectivity index (χ4n) is 6.40. The molecule has 7 rings (SSSR count). The molecule has 0 atom stereocenters. The third-order valence-electron chi connectivity index (χ3n) is 9.44. The number of rotatable bonds is 14. The van der Waals surface area contributed by atoms with Gasteiger partial charge in [0.15, 0.2) is 17.2 Å². The van der Waals surface area contributed by atoms with Gasteiger partial charge in [-0.05, 0) is 66.7 Å². The number of aromatic hydroxyl groups is 1. The van der Waals surface area contributed by atoms with Crippen LogP contribution in [-0.2, 0) is 50.6 Å². The topological polar surface area (TPSA) is 424 Å². The van der Waals surface area contributed by atoms with Crippen molar-refractivity contribution in [3.05, 3.63) is 125 Å². The third-order valence-corrected chi connectivity index (χ3v) is 14.2. The lowest BCUT2D eigenvalue weighted by atomic mass is 10.0. The van der Waals surface area contributed by atoms with Crippen LogP contribution in [0.3, 0.4) is 0 Å². The van der Waals surface area contributed by atoms with E-state index in [0.717, 1.165) is 6.07 Å². The molecule has 69 heavy (non-hydrogen) atoms. The molecular weight excluding hydrogens is 1020 g/mol. The first-order valence-corrected chi connectivity index (χ1v) is 25.5. The van der Waals surface area contributed by atoms with E-state index in [1.165, 1.54) is 72.8 Å². The van der Waals surface area contributed by atoms with E-state index in [0.29, 0.717) is 30.3 Å². The summed E-state index contributed by atoms with van der Waals surface area (Å²) in [5.74, 6) is -1.80. The van der Waals surface area contributed by atoms with Gasteiger partial charge < -0.3 is 15.0 Å². The van der Waals surface area contributed by atoms with Crippen molar-refractivity contribution < 1.29 is 74.5 Å². The van der Waals surface area contributed by atoms with E-state index in [9.17, 15) is 75.5 Å². The summed E-state index contributed by atoms with van der Waals surface area (Å²) in [5.41, 5.74) is 1.11. The molecular formula is C38H26N8O18S5. The van der Waals surface area contributed by atoms with Gasteiger partial charge in [0, 0.05) is 16.8 Å². The molecule has 0 aliphatic heterocycles. The molecule has 26 nitrogen and oxygen atoms in total. The van der Waals surface area contributed by atoms with Crippen molar-refractivity contribution in [2.24, 2.45) is 30.7 Å². The summed E-state index contributed by atoms with van der Waals surface area (Å²) < 4.78 is 170. The highest BCUT2D eigenvalue weighted by Gasteiger charge is 2.30. The van der Waals surface area contributed by atoms with Crippen molar-refractivity contribution in [3.63, 3.8) is 0 Å². The zero-order chi connectivity index (χ0) is 50.4. The van der Waals surface area contributed by atoms with Crippen LogP contribution in [0.25, 0.3) is 21.5 Å². The van der Waals surface area contributed by atoms with Gasteiger partial charge in [0.25, 0.3) is 46.2 Å². The SMILES string of the molecule is Nc1c(N=Nc2ccc(N=Nc3ccccc3S(=O)(=O)O)c3cccc(OS(=O)(=O)c4ccccc4)c23)cc(S(=O)(=O)O)c2cc(S(=O)(=O)O)c(N=Nc3ccc(S(=O)(=O)O)cc3[N+](=O)[O-])c(O)c12. The molecule has 0 spiro atoms. The van der Waals surface area contributed by atoms with E-state index in [4.69, 9.17) is 9.92 Å². The average molecular weight is 1040 g/mol. The Morgan fingerprint density at radius 1 is 0.493 bits per heavy atom.